The van der Waals surface area contributed by atoms with Crippen LogP contribution in [-0.2, 0) is 0 Å². The zero-order valence-electron chi connectivity index (χ0n) is 4.73. The molecule has 1 atom stereocenters. The average molecular weight is 115 g/mol. The van der Waals surface area contributed by atoms with E-state index in [-0.39, 0.29) is 6.54 Å². The molecule has 0 heterocycles. The van der Waals surface area contributed by atoms with Crippen molar-refractivity contribution in [2.75, 3.05) is 6.54 Å². The summed E-state index contributed by atoms with van der Waals surface area (Å²) in [5.41, 5.74) is 4.97. The molecule has 0 saturated carbocycles. The van der Waals surface area contributed by atoms with Gasteiger partial charge in [0.15, 0.2) is 0 Å². The molecule has 0 bridgehead atoms. The molecule has 0 aliphatic rings. The van der Waals surface area contributed by atoms with Crippen LogP contribution in [0, 0.1) is 12.3 Å². The lowest BCUT2D eigenvalue weighted by molar-refractivity contribution is 0.326. The van der Waals surface area contributed by atoms with Crippen molar-refractivity contribution in [1.29, 1.82) is 0 Å². The predicted octanol–water partition coefficient (Wildman–Crippen LogP) is 0.697. The average Bonchev–Trinajstić information content (AvgIpc) is 1.83. The summed E-state index contributed by atoms with van der Waals surface area (Å²) in [7, 11) is 0. The van der Waals surface area contributed by atoms with Crippen molar-refractivity contribution in [2.45, 2.75) is 19.0 Å². The van der Waals surface area contributed by atoms with E-state index in [1.165, 1.54) is 0 Å². The number of alkyl halides is 1. The van der Waals surface area contributed by atoms with Gasteiger partial charge in [-0.1, -0.05) is 0 Å². The molecule has 0 spiro atoms. The minimum atomic E-state index is -0.911. The zero-order valence-corrected chi connectivity index (χ0v) is 4.73. The molecule has 0 aliphatic carbocycles. The summed E-state index contributed by atoms with van der Waals surface area (Å²) in [6.45, 7) is 0.0850. The number of halogens is 1. The molecule has 0 rings (SSSR count). The van der Waals surface area contributed by atoms with Crippen molar-refractivity contribution in [2.24, 2.45) is 5.73 Å². The fourth-order valence-corrected chi connectivity index (χ4v) is 0.358. The molecule has 0 saturated heterocycles. The maximum Gasteiger partial charge on any atom is 0.113 e. The summed E-state index contributed by atoms with van der Waals surface area (Å²) < 4.78 is 12.1. The monoisotopic (exact) mass is 115 g/mol. The van der Waals surface area contributed by atoms with Gasteiger partial charge in [-0.3, -0.25) is 0 Å². The summed E-state index contributed by atoms with van der Waals surface area (Å²) in [6, 6.07) is 0. The first-order valence-corrected chi connectivity index (χ1v) is 2.59. The topological polar surface area (TPSA) is 26.0 Å². The van der Waals surface area contributed by atoms with Crippen LogP contribution in [0.25, 0.3) is 0 Å². The van der Waals surface area contributed by atoms with Gasteiger partial charge >= 0.3 is 0 Å². The van der Waals surface area contributed by atoms with Crippen molar-refractivity contribution in [3.63, 3.8) is 0 Å². The highest BCUT2D eigenvalue weighted by molar-refractivity contribution is 4.84. The van der Waals surface area contributed by atoms with Crippen LogP contribution < -0.4 is 5.73 Å². The molecule has 1 nitrogen and oxygen atoms in total. The van der Waals surface area contributed by atoms with E-state index in [9.17, 15) is 4.39 Å². The fourth-order valence-electron chi connectivity index (χ4n) is 0.358. The maximum atomic E-state index is 12.1. The van der Waals surface area contributed by atoms with Crippen molar-refractivity contribution in [3.8, 4) is 12.3 Å². The molecule has 0 aromatic heterocycles. The van der Waals surface area contributed by atoms with E-state index < -0.39 is 6.17 Å². The molecule has 8 heavy (non-hydrogen) atoms. The maximum absolute atomic E-state index is 12.1. The van der Waals surface area contributed by atoms with Gasteiger partial charge in [0.05, 0.1) is 0 Å². The van der Waals surface area contributed by atoms with Crippen molar-refractivity contribution in [1.82, 2.24) is 0 Å². The Balaban J connectivity index is 3.01. The largest absolute Gasteiger partial charge is 0.328 e. The quantitative estimate of drug-likeness (QED) is 0.538. The van der Waals surface area contributed by atoms with Gasteiger partial charge in [0.2, 0.25) is 0 Å². The second kappa shape index (κ2) is 4.61. The van der Waals surface area contributed by atoms with E-state index in [4.69, 9.17) is 12.2 Å². The second-order valence-electron chi connectivity index (χ2n) is 1.58. The summed E-state index contributed by atoms with van der Waals surface area (Å²) in [5, 5.41) is 0. The normalized spacial score (nSPS) is 12.6. The smallest absolute Gasteiger partial charge is 0.113 e. The van der Waals surface area contributed by atoms with E-state index in [0.717, 1.165) is 0 Å². The lowest BCUT2D eigenvalue weighted by atomic mass is 10.2. The molecule has 0 aromatic carbocycles. The van der Waals surface area contributed by atoms with Crippen LogP contribution in [0.4, 0.5) is 4.39 Å². The molecule has 0 fully saturated rings. The molecule has 0 aromatic rings. The summed E-state index contributed by atoms with van der Waals surface area (Å²) >= 11 is 0. The third-order valence-electron chi connectivity index (χ3n) is 0.858. The molecular weight excluding hydrogens is 105 g/mol. The minimum absolute atomic E-state index is 0.0850. The Morgan fingerprint density at radius 1 is 1.75 bits per heavy atom. The second-order valence-corrected chi connectivity index (χ2v) is 1.58. The van der Waals surface area contributed by atoms with E-state index in [2.05, 4.69) is 5.92 Å². The number of hydrogen-bond donors (Lipinski definition) is 1. The lowest BCUT2D eigenvalue weighted by Crippen LogP contribution is -2.14. The first-order valence-electron chi connectivity index (χ1n) is 2.59. The van der Waals surface area contributed by atoms with Gasteiger partial charge in [-0.05, 0) is 6.42 Å². The number of hydrogen-bond acceptors (Lipinski definition) is 1. The van der Waals surface area contributed by atoms with Crippen molar-refractivity contribution >= 4 is 0 Å². The van der Waals surface area contributed by atoms with Crippen LogP contribution >= 0.6 is 0 Å². The molecule has 0 radical (unpaired) electrons. The van der Waals surface area contributed by atoms with Crippen LogP contribution in [0.3, 0.4) is 0 Å². The molecule has 2 N–H and O–H groups in total. The minimum Gasteiger partial charge on any atom is -0.328 e. The van der Waals surface area contributed by atoms with Crippen LogP contribution in [0.5, 0.6) is 0 Å². The Hall–Kier alpha value is -0.550. The van der Waals surface area contributed by atoms with E-state index in [1.54, 1.807) is 0 Å². The number of rotatable bonds is 3. The molecule has 2 heteroatoms. The Morgan fingerprint density at radius 3 is 2.75 bits per heavy atom. The lowest BCUT2D eigenvalue weighted by Gasteiger charge is -1.98. The molecule has 0 amide bonds. The Bertz CT molecular complexity index is 85.0. The molecule has 46 valence electrons. The first-order chi connectivity index (χ1) is 3.81. The third-order valence-corrected chi connectivity index (χ3v) is 0.858. The summed E-state index contributed by atoms with van der Waals surface area (Å²) in [4.78, 5) is 0. The van der Waals surface area contributed by atoms with Crippen LogP contribution in [0.1, 0.15) is 12.8 Å². The predicted molar refractivity (Wildman–Crippen MR) is 32.0 cm³/mol. The van der Waals surface area contributed by atoms with Gasteiger partial charge in [-0.25, -0.2) is 4.39 Å². The SMILES string of the molecule is C#CCC[C@@H](F)CN. The zero-order chi connectivity index (χ0) is 6.41. The molecule has 0 unspecified atom stereocenters. The highest BCUT2D eigenvalue weighted by Gasteiger charge is 1.99. The van der Waals surface area contributed by atoms with Crippen molar-refractivity contribution < 1.29 is 4.39 Å². The third kappa shape index (κ3) is 3.63. The Kier molecular flexibility index (Phi) is 4.29. The molecular formula is C6H10FN. The number of terminal acetylenes is 1. The first kappa shape index (κ1) is 7.45. The highest BCUT2D eigenvalue weighted by atomic mass is 19.1. The Morgan fingerprint density at radius 2 is 2.38 bits per heavy atom. The fraction of sp³-hybridized carbons (Fsp3) is 0.667. The van der Waals surface area contributed by atoms with Gasteiger partial charge in [-0.15, -0.1) is 12.3 Å². The van der Waals surface area contributed by atoms with Gasteiger partial charge in [0, 0.05) is 13.0 Å². The van der Waals surface area contributed by atoms with E-state index in [1.807, 2.05) is 0 Å². The molecule has 0 aliphatic heterocycles. The van der Waals surface area contributed by atoms with E-state index >= 15 is 0 Å². The van der Waals surface area contributed by atoms with Gasteiger partial charge in [0.1, 0.15) is 6.17 Å². The van der Waals surface area contributed by atoms with Gasteiger partial charge in [-0.2, -0.15) is 0 Å². The summed E-state index contributed by atoms with van der Waals surface area (Å²) in [5.74, 6) is 2.34. The van der Waals surface area contributed by atoms with Crippen LogP contribution in [0.15, 0.2) is 0 Å². The standard InChI is InChI=1S/C6H10FN/c1-2-3-4-6(7)5-8/h1,6H,3-5,8H2/t6-/m1/s1. The summed E-state index contributed by atoms with van der Waals surface area (Å²) in [6.07, 6.45) is 4.84. The van der Waals surface area contributed by atoms with Gasteiger partial charge in [0.25, 0.3) is 0 Å². The van der Waals surface area contributed by atoms with Crippen LogP contribution in [-0.4, -0.2) is 12.7 Å². The highest BCUT2D eigenvalue weighted by Crippen LogP contribution is 1.97. The van der Waals surface area contributed by atoms with Gasteiger partial charge < -0.3 is 5.73 Å². The van der Waals surface area contributed by atoms with E-state index in [0.29, 0.717) is 12.8 Å². The Labute approximate surface area is 49.1 Å². The number of nitrogens with two attached hydrogens (primary N) is 1. The van der Waals surface area contributed by atoms with Crippen molar-refractivity contribution in [3.05, 3.63) is 0 Å². The van der Waals surface area contributed by atoms with Crippen LogP contribution in [0.2, 0.25) is 0 Å².